The number of piperidine rings is 2. The van der Waals surface area contributed by atoms with Gasteiger partial charge in [0, 0.05) is 38.3 Å². The fraction of sp³-hybridized carbons (Fsp3) is 0.667. The lowest BCUT2D eigenvalue weighted by Gasteiger charge is -2.39. The maximum atomic E-state index is 13.1. The molecular formula is C18H27N5O2S. The van der Waals surface area contributed by atoms with Gasteiger partial charge in [0.1, 0.15) is 5.82 Å². The molecule has 0 aliphatic carbocycles. The molecule has 2 aliphatic rings. The summed E-state index contributed by atoms with van der Waals surface area (Å²) < 4.78 is 31.5. The Morgan fingerprint density at radius 2 is 1.69 bits per heavy atom. The van der Waals surface area contributed by atoms with E-state index < -0.39 is 10.2 Å². The molecule has 2 fully saturated rings. The summed E-state index contributed by atoms with van der Waals surface area (Å²) in [4.78, 5) is 0. The van der Waals surface area contributed by atoms with Crippen molar-refractivity contribution in [2.75, 3.05) is 26.2 Å². The number of fused-ring (bicyclic) bond motifs is 1. The first-order valence-corrected chi connectivity index (χ1v) is 10.9. The van der Waals surface area contributed by atoms with Crippen molar-refractivity contribution in [1.29, 1.82) is 0 Å². The van der Waals surface area contributed by atoms with Crippen LogP contribution in [0.15, 0.2) is 24.4 Å². The first-order chi connectivity index (χ1) is 12.4. The van der Waals surface area contributed by atoms with E-state index in [1.54, 1.807) is 8.61 Å². The largest absolute Gasteiger partial charge is 0.286 e. The Hall–Kier alpha value is -1.51. The van der Waals surface area contributed by atoms with Gasteiger partial charge in [0.15, 0.2) is 5.65 Å². The average Bonchev–Trinajstić information content (AvgIpc) is 3.05. The molecule has 0 bridgehead atoms. The molecule has 0 spiro atoms. The van der Waals surface area contributed by atoms with Gasteiger partial charge in [-0.2, -0.15) is 17.0 Å². The van der Waals surface area contributed by atoms with Gasteiger partial charge in [0.25, 0.3) is 10.2 Å². The van der Waals surface area contributed by atoms with Gasteiger partial charge in [-0.3, -0.25) is 4.40 Å². The molecule has 8 heteroatoms. The SMILES string of the molecule is CC1CC(C)CN(S(=O)(=O)N2CCC(c3nnc4ccccn34)CC2)C1. The first kappa shape index (κ1) is 17.9. The van der Waals surface area contributed by atoms with E-state index in [4.69, 9.17) is 0 Å². The van der Waals surface area contributed by atoms with Crippen LogP contribution in [0.1, 0.15) is 44.9 Å². The minimum absolute atomic E-state index is 0.248. The fourth-order valence-electron chi connectivity index (χ4n) is 4.44. The molecule has 2 atom stereocenters. The van der Waals surface area contributed by atoms with E-state index in [1.807, 2.05) is 28.8 Å². The predicted octanol–water partition coefficient (Wildman–Crippen LogP) is 2.13. The Kier molecular flexibility index (Phi) is 4.75. The molecule has 26 heavy (non-hydrogen) atoms. The molecule has 2 aromatic heterocycles. The summed E-state index contributed by atoms with van der Waals surface area (Å²) in [6, 6.07) is 5.86. The molecule has 7 nitrogen and oxygen atoms in total. The van der Waals surface area contributed by atoms with E-state index >= 15 is 0 Å². The van der Waals surface area contributed by atoms with Gasteiger partial charge in [-0.05, 0) is 43.2 Å². The van der Waals surface area contributed by atoms with Crippen LogP contribution in [0.5, 0.6) is 0 Å². The lowest BCUT2D eigenvalue weighted by Crippen LogP contribution is -2.51. The second kappa shape index (κ2) is 6.90. The highest BCUT2D eigenvalue weighted by molar-refractivity contribution is 7.86. The topological polar surface area (TPSA) is 70.8 Å². The third kappa shape index (κ3) is 3.25. The summed E-state index contributed by atoms with van der Waals surface area (Å²) in [5, 5.41) is 8.58. The highest BCUT2D eigenvalue weighted by Crippen LogP contribution is 2.31. The third-order valence-electron chi connectivity index (χ3n) is 5.65. The molecule has 2 unspecified atom stereocenters. The van der Waals surface area contributed by atoms with Crippen LogP contribution >= 0.6 is 0 Å². The molecule has 4 rings (SSSR count). The molecule has 0 amide bonds. The summed E-state index contributed by atoms with van der Waals surface area (Å²) in [6.45, 7) is 6.66. The van der Waals surface area contributed by atoms with Crippen molar-refractivity contribution in [1.82, 2.24) is 23.2 Å². The van der Waals surface area contributed by atoms with Crippen LogP contribution in [0.3, 0.4) is 0 Å². The van der Waals surface area contributed by atoms with Crippen molar-refractivity contribution in [2.45, 2.75) is 39.0 Å². The predicted molar refractivity (Wildman–Crippen MR) is 100.0 cm³/mol. The van der Waals surface area contributed by atoms with Crippen molar-refractivity contribution in [3.8, 4) is 0 Å². The lowest BCUT2D eigenvalue weighted by molar-refractivity contribution is 0.201. The van der Waals surface area contributed by atoms with Crippen molar-refractivity contribution in [2.24, 2.45) is 11.8 Å². The highest BCUT2D eigenvalue weighted by atomic mass is 32.2. The maximum absolute atomic E-state index is 13.1. The summed E-state index contributed by atoms with van der Waals surface area (Å²) >= 11 is 0. The van der Waals surface area contributed by atoms with Crippen molar-refractivity contribution in [3.05, 3.63) is 30.2 Å². The average molecular weight is 378 g/mol. The molecule has 2 aromatic rings. The van der Waals surface area contributed by atoms with E-state index in [9.17, 15) is 8.42 Å². The Morgan fingerprint density at radius 3 is 2.38 bits per heavy atom. The van der Waals surface area contributed by atoms with Crippen LogP contribution in [0.25, 0.3) is 5.65 Å². The Morgan fingerprint density at radius 1 is 1.00 bits per heavy atom. The second-order valence-corrected chi connectivity index (χ2v) is 9.86. The maximum Gasteiger partial charge on any atom is 0.281 e. The number of rotatable bonds is 3. The molecule has 0 aromatic carbocycles. The number of hydrogen-bond acceptors (Lipinski definition) is 4. The van der Waals surface area contributed by atoms with E-state index in [2.05, 4.69) is 24.0 Å². The van der Waals surface area contributed by atoms with Crippen LogP contribution < -0.4 is 0 Å². The summed E-state index contributed by atoms with van der Waals surface area (Å²) in [5.41, 5.74) is 0.842. The molecule has 0 saturated carbocycles. The van der Waals surface area contributed by atoms with Gasteiger partial charge in [0.05, 0.1) is 0 Å². The number of pyridine rings is 1. The number of nitrogens with zero attached hydrogens (tertiary/aromatic N) is 5. The lowest BCUT2D eigenvalue weighted by atomic mass is 9.94. The van der Waals surface area contributed by atoms with Crippen LogP contribution in [-0.2, 0) is 10.2 Å². The van der Waals surface area contributed by atoms with Crippen LogP contribution in [0.4, 0.5) is 0 Å². The van der Waals surface area contributed by atoms with Gasteiger partial charge in [-0.25, -0.2) is 0 Å². The van der Waals surface area contributed by atoms with Gasteiger partial charge in [0.2, 0.25) is 0 Å². The minimum atomic E-state index is -3.36. The zero-order chi connectivity index (χ0) is 18.3. The molecule has 0 radical (unpaired) electrons. The molecule has 0 N–H and O–H groups in total. The van der Waals surface area contributed by atoms with E-state index in [0.717, 1.165) is 30.7 Å². The Bertz CT molecular complexity index is 863. The van der Waals surface area contributed by atoms with E-state index in [1.165, 1.54) is 0 Å². The van der Waals surface area contributed by atoms with E-state index in [-0.39, 0.29) is 5.92 Å². The van der Waals surface area contributed by atoms with Crippen molar-refractivity contribution >= 4 is 15.9 Å². The fourth-order valence-corrected chi connectivity index (χ4v) is 6.33. The standard InChI is InChI=1S/C18H27N5O2S/c1-14-11-15(2)13-22(12-14)26(24,25)21-9-6-16(7-10-21)18-20-19-17-5-3-4-8-23(17)18/h3-5,8,14-16H,6-7,9-13H2,1-2H3. The monoisotopic (exact) mass is 377 g/mol. The van der Waals surface area contributed by atoms with Crippen LogP contribution in [-0.4, -0.2) is 57.8 Å². The van der Waals surface area contributed by atoms with Crippen molar-refractivity contribution < 1.29 is 8.42 Å². The normalized spacial score (nSPS) is 27.2. The van der Waals surface area contributed by atoms with Gasteiger partial charge in [-0.15, -0.1) is 10.2 Å². The molecule has 2 saturated heterocycles. The quantitative estimate of drug-likeness (QED) is 0.822. The smallest absolute Gasteiger partial charge is 0.281 e. The van der Waals surface area contributed by atoms with E-state index in [0.29, 0.717) is 38.0 Å². The molecule has 142 valence electrons. The van der Waals surface area contributed by atoms with Gasteiger partial charge in [-0.1, -0.05) is 19.9 Å². The summed E-state index contributed by atoms with van der Waals surface area (Å²) in [5.74, 6) is 2.04. The summed E-state index contributed by atoms with van der Waals surface area (Å²) in [6.07, 6.45) is 4.65. The molecular weight excluding hydrogens is 350 g/mol. The summed E-state index contributed by atoms with van der Waals surface area (Å²) in [7, 11) is -3.36. The zero-order valence-corrected chi connectivity index (χ0v) is 16.3. The Balaban J connectivity index is 1.46. The van der Waals surface area contributed by atoms with Gasteiger partial charge >= 0.3 is 0 Å². The first-order valence-electron chi connectivity index (χ1n) is 9.50. The Labute approximate surface area is 155 Å². The second-order valence-electron chi connectivity index (χ2n) is 7.93. The minimum Gasteiger partial charge on any atom is -0.286 e. The number of hydrogen-bond donors (Lipinski definition) is 0. The highest BCUT2D eigenvalue weighted by Gasteiger charge is 2.37. The molecule has 4 heterocycles. The van der Waals surface area contributed by atoms with Gasteiger partial charge < -0.3 is 0 Å². The van der Waals surface area contributed by atoms with Crippen LogP contribution in [0, 0.1) is 11.8 Å². The zero-order valence-electron chi connectivity index (χ0n) is 15.5. The van der Waals surface area contributed by atoms with Crippen molar-refractivity contribution in [3.63, 3.8) is 0 Å². The number of aromatic nitrogens is 3. The molecule has 2 aliphatic heterocycles. The van der Waals surface area contributed by atoms with Crippen LogP contribution in [0.2, 0.25) is 0 Å². The third-order valence-corrected chi connectivity index (χ3v) is 7.62.